The lowest BCUT2D eigenvalue weighted by molar-refractivity contribution is -0.133. The van der Waals surface area contributed by atoms with Crippen molar-refractivity contribution in [1.29, 1.82) is 0 Å². The number of halogens is 2. The Kier molecular flexibility index (Phi) is 5.13. The molecule has 0 heterocycles. The first-order valence-corrected chi connectivity index (χ1v) is 7.47. The van der Waals surface area contributed by atoms with Crippen LogP contribution in [0.4, 0.5) is 17.1 Å². The molecule has 7 heteroatoms. The van der Waals surface area contributed by atoms with Crippen molar-refractivity contribution >= 4 is 52.1 Å². The molecule has 4 N–H and O–H groups in total. The highest BCUT2D eigenvalue weighted by molar-refractivity contribution is 6.46. The van der Waals surface area contributed by atoms with Gasteiger partial charge in [0.05, 0.1) is 21.4 Å². The molecule has 2 rings (SSSR count). The van der Waals surface area contributed by atoms with Crippen molar-refractivity contribution in [1.82, 2.24) is 0 Å². The van der Waals surface area contributed by atoms with E-state index in [1.54, 1.807) is 19.1 Å². The van der Waals surface area contributed by atoms with Crippen LogP contribution < -0.4 is 16.4 Å². The summed E-state index contributed by atoms with van der Waals surface area (Å²) in [6, 6.07) is 8.14. The molecule has 0 radical (unpaired) electrons. The smallest absolute Gasteiger partial charge is 0.314 e. The summed E-state index contributed by atoms with van der Waals surface area (Å²) in [5.74, 6) is -1.69. The highest BCUT2D eigenvalue weighted by atomic mass is 35.5. The average molecular weight is 352 g/mol. The lowest BCUT2D eigenvalue weighted by Gasteiger charge is -2.12. The molecule has 2 aromatic rings. The summed E-state index contributed by atoms with van der Waals surface area (Å²) in [6.45, 7) is 3.68. The molecule has 0 aromatic heterocycles. The number of benzene rings is 2. The Morgan fingerprint density at radius 1 is 0.957 bits per heavy atom. The van der Waals surface area contributed by atoms with Gasteiger partial charge in [-0.25, -0.2) is 0 Å². The molecular formula is C16H15Cl2N3O2. The third-order valence-electron chi connectivity index (χ3n) is 3.12. The first-order valence-electron chi connectivity index (χ1n) is 6.72. The molecule has 0 unspecified atom stereocenters. The molecule has 0 aliphatic heterocycles. The number of aryl methyl sites for hydroxylation is 2. The summed E-state index contributed by atoms with van der Waals surface area (Å²) >= 11 is 12.1. The number of rotatable bonds is 2. The number of amides is 2. The lowest BCUT2D eigenvalue weighted by Crippen LogP contribution is -2.29. The third-order valence-corrected chi connectivity index (χ3v) is 3.73. The van der Waals surface area contributed by atoms with Gasteiger partial charge in [0.15, 0.2) is 0 Å². The average Bonchev–Trinajstić information content (AvgIpc) is 2.45. The Morgan fingerprint density at radius 2 is 1.61 bits per heavy atom. The van der Waals surface area contributed by atoms with E-state index >= 15 is 0 Å². The number of carbonyl (C=O) groups excluding carboxylic acids is 2. The highest BCUT2D eigenvalue weighted by Crippen LogP contribution is 2.28. The van der Waals surface area contributed by atoms with Crippen LogP contribution in [0.1, 0.15) is 11.1 Å². The fourth-order valence-corrected chi connectivity index (χ4v) is 2.66. The molecule has 0 aliphatic rings. The molecule has 0 spiro atoms. The minimum atomic E-state index is -0.854. The van der Waals surface area contributed by atoms with E-state index in [-0.39, 0.29) is 5.02 Å². The minimum Gasteiger partial charge on any atom is -0.399 e. The van der Waals surface area contributed by atoms with Gasteiger partial charge in [-0.2, -0.15) is 0 Å². The van der Waals surface area contributed by atoms with Crippen molar-refractivity contribution in [2.24, 2.45) is 0 Å². The molecule has 2 amide bonds. The van der Waals surface area contributed by atoms with Crippen LogP contribution in [0, 0.1) is 13.8 Å². The summed E-state index contributed by atoms with van der Waals surface area (Å²) in [6.07, 6.45) is 0. The van der Waals surface area contributed by atoms with Crippen LogP contribution in [-0.4, -0.2) is 11.8 Å². The van der Waals surface area contributed by atoms with Gasteiger partial charge in [0.2, 0.25) is 0 Å². The van der Waals surface area contributed by atoms with Gasteiger partial charge in [-0.3, -0.25) is 9.59 Å². The summed E-state index contributed by atoms with van der Waals surface area (Å²) in [5.41, 5.74) is 8.46. The first kappa shape index (κ1) is 17.1. The Hall–Kier alpha value is -2.24. The van der Waals surface area contributed by atoms with Crippen molar-refractivity contribution in [2.75, 3.05) is 16.4 Å². The molecule has 0 fully saturated rings. The van der Waals surface area contributed by atoms with Crippen LogP contribution in [0.5, 0.6) is 0 Å². The Morgan fingerprint density at radius 3 is 2.22 bits per heavy atom. The van der Waals surface area contributed by atoms with Gasteiger partial charge >= 0.3 is 11.8 Å². The van der Waals surface area contributed by atoms with Crippen molar-refractivity contribution in [3.05, 3.63) is 51.5 Å². The van der Waals surface area contributed by atoms with Crippen LogP contribution in [0.2, 0.25) is 10.0 Å². The maximum Gasteiger partial charge on any atom is 0.314 e. The molecular weight excluding hydrogens is 337 g/mol. The molecule has 0 bridgehead atoms. The third kappa shape index (κ3) is 4.15. The van der Waals surface area contributed by atoms with Crippen molar-refractivity contribution in [3.63, 3.8) is 0 Å². The van der Waals surface area contributed by atoms with E-state index in [0.29, 0.717) is 22.1 Å². The van der Waals surface area contributed by atoms with Gasteiger partial charge in [-0.05, 0) is 49.2 Å². The summed E-state index contributed by atoms with van der Waals surface area (Å²) in [4.78, 5) is 24.0. The first-order chi connectivity index (χ1) is 10.8. The fraction of sp³-hybridized carbons (Fsp3) is 0.125. The number of nitrogen functional groups attached to an aromatic ring is 1. The quantitative estimate of drug-likeness (QED) is 0.568. The predicted molar refractivity (Wildman–Crippen MR) is 94.0 cm³/mol. The summed E-state index contributed by atoms with van der Waals surface area (Å²) < 4.78 is 0. The standard InChI is InChI=1S/C16H15Cl2N3O2/c1-8-5-9(2)14(12(18)6-8)21-16(23)15(22)20-13-4-3-10(19)7-11(13)17/h3-7H,19H2,1-2H3,(H,20,22)(H,21,23). The second kappa shape index (κ2) is 6.89. The molecule has 120 valence electrons. The topological polar surface area (TPSA) is 84.2 Å². The zero-order chi connectivity index (χ0) is 17.1. The van der Waals surface area contributed by atoms with Crippen LogP contribution in [0.3, 0.4) is 0 Å². The fourth-order valence-electron chi connectivity index (χ4n) is 2.06. The molecule has 0 saturated heterocycles. The monoisotopic (exact) mass is 351 g/mol. The number of anilines is 3. The van der Waals surface area contributed by atoms with Gasteiger partial charge in [-0.1, -0.05) is 29.3 Å². The maximum absolute atomic E-state index is 12.0. The number of hydrogen-bond donors (Lipinski definition) is 3. The van der Waals surface area contributed by atoms with Crippen LogP contribution in [-0.2, 0) is 9.59 Å². The molecule has 0 aliphatic carbocycles. The van der Waals surface area contributed by atoms with Gasteiger partial charge in [0.25, 0.3) is 0 Å². The number of hydrogen-bond acceptors (Lipinski definition) is 3. The SMILES string of the molecule is Cc1cc(C)c(NC(=O)C(=O)Nc2ccc(N)cc2Cl)c(Cl)c1. The summed E-state index contributed by atoms with van der Waals surface area (Å²) in [7, 11) is 0. The van der Waals surface area contributed by atoms with Crippen molar-refractivity contribution < 1.29 is 9.59 Å². The minimum absolute atomic E-state index is 0.246. The maximum atomic E-state index is 12.0. The number of nitrogens with one attached hydrogen (secondary N) is 2. The Balaban J connectivity index is 2.13. The van der Waals surface area contributed by atoms with Crippen molar-refractivity contribution in [3.8, 4) is 0 Å². The van der Waals surface area contributed by atoms with Crippen LogP contribution in [0.15, 0.2) is 30.3 Å². The van der Waals surface area contributed by atoms with E-state index in [1.165, 1.54) is 12.1 Å². The molecule has 0 saturated carbocycles. The molecule has 5 nitrogen and oxygen atoms in total. The van der Waals surface area contributed by atoms with E-state index in [9.17, 15) is 9.59 Å². The largest absolute Gasteiger partial charge is 0.399 e. The second-order valence-corrected chi connectivity index (χ2v) is 5.90. The van der Waals surface area contributed by atoms with E-state index in [0.717, 1.165) is 11.1 Å². The van der Waals surface area contributed by atoms with E-state index in [4.69, 9.17) is 28.9 Å². The van der Waals surface area contributed by atoms with Gasteiger partial charge < -0.3 is 16.4 Å². The van der Waals surface area contributed by atoms with E-state index in [2.05, 4.69) is 10.6 Å². The Labute approximate surface area is 143 Å². The molecule has 2 aromatic carbocycles. The normalized spacial score (nSPS) is 10.3. The Bertz CT molecular complexity index is 768. The number of nitrogens with two attached hydrogens (primary N) is 1. The van der Waals surface area contributed by atoms with E-state index < -0.39 is 11.8 Å². The van der Waals surface area contributed by atoms with Crippen LogP contribution >= 0.6 is 23.2 Å². The number of carbonyl (C=O) groups is 2. The zero-order valence-corrected chi connectivity index (χ0v) is 14.0. The van der Waals surface area contributed by atoms with Crippen molar-refractivity contribution in [2.45, 2.75) is 13.8 Å². The predicted octanol–water partition coefficient (Wildman–Crippen LogP) is 3.77. The summed E-state index contributed by atoms with van der Waals surface area (Å²) in [5, 5.41) is 5.55. The lowest BCUT2D eigenvalue weighted by atomic mass is 10.1. The van der Waals surface area contributed by atoms with Gasteiger partial charge in [0.1, 0.15) is 0 Å². The van der Waals surface area contributed by atoms with Crippen LogP contribution in [0.25, 0.3) is 0 Å². The van der Waals surface area contributed by atoms with Gasteiger partial charge in [-0.15, -0.1) is 0 Å². The second-order valence-electron chi connectivity index (χ2n) is 5.09. The molecule has 0 atom stereocenters. The van der Waals surface area contributed by atoms with E-state index in [1.807, 2.05) is 13.0 Å². The molecule has 23 heavy (non-hydrogen) atoms. The highest BCUT2D eigenvalue weighted by Gasteiger charge is 2.18. The van der Waals surface area contributed by atoms with Gasteiger partial charge in [0, 0.05) is 5.69 Å². The zero-order valence-electron chi connectivity index (χ0n) is 12.5.